The molecular weight excluding hydrogens is 282 g/mol. The minimum Gasteiger partial charge on any atom is -0.469 e. The van der Waals surface area contributed by atoms with Gasteiger partial charge in [-0.3, -0.25) is 14.4 Å². The summed E-state index contributed by atoms with van der Waals surface area (Å²) in [6.45, 7) is 3.92. The van der Waals surface area contributed by atoms with Gasteiger partial charge in [-0.15, -0.1) is 11.3 Å². The van der Waals surface area contributed by atoms with E-state index in [9.17, 15) is 14.4 Å². The molecule has 0 aromatic carbocycles. The fraction of sp³-hybridized carbons (Fsp3) is 0.500. The lowest BCUT2D eigenvalue weighted by molar-refractivity contribution is -0.140. The molecule has 7 nitrogen and oxygen atoms in total. The third-order valence-electron chi connectivity index (χ3n) is 2.49. The first kappa shape index (κ1) is 16.1. The van der Waals surface area contributed by atoms with E-state index < -0.39 is 0 Å². The van der Waals surface area contributed by atoms with E-state index in [1.54, 1.807) is 5.38 Å². The lowest BCUT2D eigenvalue weighted by Gasteiger charge is -2.18. The van der Waals surface area contributed by atoms with E-state index in [4.69, 9.17) is 0 Å². The largest absolute Gasteiger partial charge is 0.469 e. The van der Waals surface area contributed by atoms with Crippen molar-refractivity contribution < 1.29 is 19.1 Å². The highest BCUT2D eigenvalue weighted by Crippen LogP contribution is 2.16. The summed E-state index contributed by atoms with van der Waals surface area (Å²) in [5.74, 6) is -0.880. The second-order valence-electron chi connectivity index (χ2n) is 3.93. The molecule has 0 aliphatic heterocycles. The highest BCUT2D eigenvalue weighted by atomic mass is 32.1. The zero-order valence-corrected chi connectivity index (χ0v) is 12.5. The Morgan fingerprint density at radius 3 is 2.70 bits per heavy atom. The van der Waals surface area contributed by atoms with Crippen molar-refractivity contribution in [1.29, 1.82) is 0 Å². The fourth-order valence-corrected chi connectivity index (χ4v) is 2.20. The van der Waals surface area contributed by atoms with Gasteiger partial charge in [0.05, 0.1) is 13.5 Å². The van der Waals surface area contributed by atoms with Gasteiger partial charge < -0.3 is 15.0 Å². The molecule has 0 saturated carbocycles. The number of thiazole rings is 1. The molecule has 0 radical (unpaired) electrons. The Hall–Kier alpha value is -1.96. The van der Waals surface area contributed by atoms with E-state index in [0.29, 0.717) is 11.7 Å². The molecule has 0 spiro atoms. The molecule has 0 atom stereocenters. The van der Waals surface area contributed by atoms with Crippen molar-refractivity contribution in [2.75, 3.05) is 25.5 Å². The summed E-state index contributed by atoms with van der Waals surface area (Å²) < 4.78 is 4.54. The van der Waals surface area contributed by atoms with Crippen LogP contribution in [0.4, 0.5) is 5.13 Å². The summed E-state index contributed by atoms with van der Waals surface area (Å²) in [5, 5.41) is 4.48. The number of nitrogens with one attached hydrogen (secondary N) is 1. The van der Waals surface area contributed by atoms with Crippen LogP contribution in [0.2, 0.25) is 0 Å². The normalized spacial score (nSPS) is 9.95. The van der Waals surface area contributed by atoms with Gasteiger partial charge in [0.2, 0.25) is 5.91 Å². The molecule has 0 aliphatic rings. The molecule has 110 valence electrons. The molecule has 0 unspecified atom stereocenters. The number of methoxy groups -OCH3 is 1. The molecule has 0 aliphatic carbocycles. The number of ether oxygens (including phenoxy) is 1. The molecule has 1 rings (SSSR count). The van der Waals surface area contributed by atoms with Gasteiger partial charge in [0.1, 0.15) is 5.69 Å². The van der Waals surface area contributed by atoms with Crippen molar-refractivity contribution in [1.82, 2.24) is 9.88 Å². The van der Waals surface area contributed by atoms with Crippen LogP contribution in [0.1, 0.15) is 30.8 Å². The average molecular weight is 299 g/mol. The maximum Gasteiger partial charge on any atom is 0.307 e. The van der Waals surface area contributed by atoms with Gasteiger partial charge in [-0.1, -0.05) is 0 Å². The Labute approximate surface area is 120 Å². The number of hydrogen-bond donors (Lipinski definition) is 1. The van der Waals surface area contributed by atoms with Crippen molar-refractivity contribution in [2.45, 2.75) is 20.3 Å². The van der Waals surface area contributed by atoms with Gasteiger partial charge in [-0.2, -0.15) is 0 Å². The van der Waals surface area contributed by atoms with Crippen molar-refractivity contribution in [3.05, 3.63) is 11.1 Å². The van der Waals surface area contributed by atoms with Crippen molar-refractivity contribution in [2.24, 2.45) is 0 Å². The lowest BCUT2D eigenvalue weighted by Crippen LogP contribution is -2.33. The van der Waals surface area contributed by atoms with E-state index in [1.807, 2.05) is 6.92 Å². The number of carbonyl (C=O) groups is 3. The second-order valence-corrected chi connectivity index (χ2v) is 4.79. The molecule has 0 saturated heterocycles. The zero-order chi connectivity index (χ0) is 15.1. The molecule has 1 N–H and O–H groups in total. The summed E-state index contributed by atoms with van der Waals surface area (Å²) in [6.07, 6.45) is 0.138. The molecule has 20 heavy (non-hydrogen) atoms. The van der Waals surface area contributed by atoms with Crippen LogP contribution in [-0.2, 0) is 14.3 Å². The van der Waals surface area contributed by atoms with Gasteiger partial charge in [0.15, 0.2) is 5.13 Å². The fourth-order valence-electron chi connectivity index (χ4n) is 1.47. The van der Waals surface area contributed by atoms with Crippen LogP contribution < -0.4 is 5.32 Å². The molecule has 0 bridgehead atoms. The molecule has 1 aromatic rings. The Morgan fingerprint density at radius 1 is 1.45 bits per heavy atom. The minimum atomic E-state index is -0.367. The van der Waals surface area contributed by atoms with Gasteiger partial charge in [-0.05, 0) is 6.92 Å². The molecule has 1 aromatic heterocycles. The van der Waals surface area contributed by atoms with E-state index >= 15 is 0 Å². The Balaban J connectivity index is 2.68. The van der Waals surface area contributed by atoms with E-state index in [1.165, 1.54) is 30.3 Å². The summed E-state index contributed by atoms with van der Waals surface area (Å²) in [6, 6.07) is 0. The standard InChI is InChI=1S/C12H17N3O4S/c1-4-15(6-5-10(17)19-3)11(18)9-7-20-12(14-9)13-8(2)16/h7H,4-6H2,1-3H3,(H,13,14,16). The Bertz CT molecular complexity index is 501. The highest BCUT2D eigenvalue weighted by Gasteiger charge is 2.18. The van der Waals surface area contributed by atoms with Crippen molar-refractivity contribution in [3.8, 4) is 0 Å². The third kappa shape index (κ3) is 4.61. The molecule has 0 fully saturated rings. The van der Waals surface area contributed by atoms with E-state index in [-0.39, 0.29) is 36.4 Å². The third-order valence-corrected chi connectivity index (χ3v) is 3.25. The van der Waals surface area contributed by atoms with E-state index in [2.05, 4.69) is 15.0 Å². The quantitative estimate of drug-likeness (QED) is 0.795. The predicted octanol–water partition coefficient (Wildman–Crippen LogP) is 1.13. The zero-order valence-electron chi connectivity index (χ0n) is 11.6. The first-order chi connectivity index (χ1) is 9.47. The highest BCUT2D eigenvalue weighted by molar-refractivity contribution is 7.14. The first-order valence-corrected chi connectivity index (χ1v) is 6.95. The van der Waals surface area contributed by atoms with Crippen LogP contribution in [-0.4, -0.2) is 47.9 Å². The number of rotatable bonds is 6. The van der Waals surface area contributed by atoms with Crippen LogP contribution >= 0.6 is 11.3 Å². The molecular formula is C12H17N3O4S. The molecule has 2 amide bonds. The maximum atomic E-state index is 12.2. The summed E-state index contributed by atoms with van der Waals surface area (Å²) in [7, 11) is 1.31. The molecule has 8 heteroatoms. The number of hydrogen-bond acceptors (Lipinski definition) is 6. The van der Waals surface area contributed by atoms with Crippen LogP contribution in [0.15, 0.2) is 5.38 Å². The predicted molar refractivity (Wildman–Crippen MR) is 74.6 cm³/mol. The van der Waals surface area contributed by atoms with Crippen LogP contribution in [0.25, 0.3) is 0 Å². The summed E-state index contributed by atoms with van der Waals surface area (Å²) in [5.41, 5.74) is 0.255. The number of nitrogens with zero attached hydrogens (tertiary/aromatic N) is 2. The van der Waals surface area contributed by atoms with E-state index in [0.717, 1.165) is 0 Å². The van der Waals surface area contributed by atoms with Crippen LogP contribution in [0, 0.1) is 0 Å². The average Bonchev–Trinajstić information content (AvgIpc) is 2.86. The lowest BCUT2D eigenvalue weighted by atomic mass is 10.3. The smallest absolute Gasteiger partial charge is 0.307 e. The topological polar surface area (TPSA) is 88.6 Å². The SMILES string of the molecule is CCN(CCC(=O)OC)C(=O)c1csc(NC(C)=O)n1. The number of anilines is 1. The van der Waals surface area contributed by atoms with Gasteiger partial charge in [-0.25, -0.2) is 4.98 Å². The first-order valence-electron chi connectivity index (χ1n) is 6.07. The summed E-state index contributed by atoms with van der Waals surface area (Å²) in [4.78, 5) is 39.7. The number of esters is 1. The second kappa shape index (κ2) is 7.59. The van der Waals surface area contributed by atoms with Crippen LogP contribution in [0.3, 0.4) is 0 Å². The van der Waals surface area contributed by atoms with Gasteiger partial charge in [0.25, 0.3) is 5.91 Å². The molecule has 1 heterocycles. The Kier molecular flexibility index (Phi) is 6.10. The van der Waals surface area contributed by atoms with Crippen molar-refractivity contribution >= 4 is 34.3 Å². The van der Waals surface area contributed by atoms with Gasteiger partial charge >= 0.3 is 5.97 Å². The van der Waals surface area contributed by atoms with Gasteiger partial charge in [0, 0.05) is 25.4 Å². The number of carbonyl (C=O) groups excluding carboxylic acids is 3. The minimum absolute atomic E-state index is 0.138. The van der Waals surface area contributed by atoms with Crippen molar-refractivity contribution in [3.63, 3.8) is 0 Å². The Morgan fingerprint density at radius 2 is 2.15 bits per heavy atom. The van der Waals surface area contributed by atoms with Crippen LogP contribution in [0.5, 0.6) is 0 Å². The number of aromatic nitrogens is 1. The summed E-state index contributed by atoms with van der Waals surface area (Å²) >= 11 is 1.18. The number of amides is 2. The maximum absolute atomic E-state index is 12.2. The monoisotopic (exact) mass is 299 g/mol.